The molecule has 31 heavy (non-hydrogen) atoms. The lowest BCUT2D eigenvalue weighted by molar-refractivity contribution is 0.0970. The minimum atomic E-state index is -0.847. The fraction of sp³-hybridized carbons (Fsp3) is 0.143. The third kappa shape index (κ3) is 2.96. The maximum absolute atomic E-state index is 13.6. The maximum atomic E-state index is 13.6. The predicted octanol–water partition coefficient (Wildman–Crippen LogP) is 4.06. The van der Waals surface area contributed by atoms with Gasteiger partial charge >= 0.3 is 0 Å². The summed E-state index contributed by atoms with van der Waals surface area (Å²) in [5.41, 5.74) is 2.17. The summed E-state index contributed by atoms with van der Waals surface area (Å²) in [6, 6.07) is 9.03. The van der Waals surface area contributed by atoms with Crippen LogP contribution < -0.4 is 19.8 Å². The summed E-state index contributed by atoms with van der Waals surface area (Å²) in [6.45, 7) is 0. The fourth-order valence-corrected chi connectivity index (χ4v) is 4.52. The van der Waals surface area contributed by atoms with Crippen molar-refractivity contribution in [3.8, 4) is 11.5 Å². The first-order chi connectivity index (χ1) is 15.0. The first kappa shape index (κ1) is 19.5. The number of ether oxygens (including phenoxy) is 2. The second-order valence-electron chi connectivity index (χ2n) is 6.72. The van der Waals surface area contributed by atoms with E-state index in [-0.39, 0.29) is 27.7 Å². The zero-order valence-corrected chi connectivity index (χ0v) is 17.9. The number of rotatable bonds is 4. The molecule has 0 fully saturated rings. The molecular formula is C21H14ClN3O5S. The molecule has 10 heteroatoms. The van der Waals surface area contributed by atoms with Gasteiger partial charge in [0, 0.05) is 10.6 Å². The average molecular weight is 456 g/mol. The first-order valence-electron chi connectivity index (χ1n) is 9.11. The van der Waals surface area contributed by atoms with Crippen LogP contribution in [0.4, 0.5) is 5.13 Å². The van der Waals surface area contributed by atoms with Crippen LogP contribution in [0.3, 0.4) is 0 Å². The predicted molar refractivity (Wildman–Crippen MR) is 116 cm³/mol. The van der Waals surface area contributed by atoms with E-state index in [1.165, 1.54) is 42.0 Å². The number of amides is 1. The standard InChI is InChI=1S/C21H14ClN3O5S/c1-28-11-4-6-14(29-2)12(8-11)17-16-18(26)13-7-10(22)3-5-15(13)30-19(16)20(27)25(17)21-24-23-9-31-21/h3-9,17H,1-2H3/t17-/m1/s1. The highest BCUT2D eigenvalue weighted by molar-refractivity contribution is 7.13. The summed E-state index contributed by atoms with van der Waals surface area (Å²) in [4.78, 5) is 28.4. The van der Waals surface area contributed by atoms with Gasteiger partial charge in [-0.1, -0.05) is 22.9 Å². The van der Waals surface area contributed by atoms with Crippen molar-refractivity contribution in [2.75, 3.05) is 19.1 Å². The molecule has 0 saturated carbocycles. The van der Waals surface area contributed by atoms with Gasteiger partial charge in [0.2, 0.25) is 10.9 Å². The van der Waals surface area contributed by atoms with Gasteiger partial charge < -0.3 is 13.9 Å². The number of carbonyl (C=O) groups is 1. The molecule has 5 rings (SSSR count). The van der Waals surface area contributed by atoms with Crippen molar-refractivity contribution in [3.05, 3.63) is 74.0 Å². The normalized spacial score (nSPS) is 15.4. The number of methoxy groups -OCH3 is 2. The Morgan fingerprint density at radius 2 is 1.97 bits per heavy atom. The Morgan fingerprint density at radius 3 is 2.68 bits per heavy atom. The summed E-state index contributed by atoms with van der Waals surface area (Å²) >= 11 is 7.28. The lowest BCUT2D eigenvalue weighted by atomic mass is 9.97. The molecule has 0 saturated heterocycles. The lowest BCUT2D eigenvalue weighted by Gasteiger charge is -2.24. The van der Waals surface area contributed by atoms with Crippen molar-refractivity contribution in [3.63, 3.8) is 0 Å². The average Bonchev–Trinajstić information content (AvgIpc) is 3.40. The molecule has 0 radical (unpaired) electrons. The molecule has 8 nitrogen and oxygen atoms in total. The largest absolute Gasteiger partial charge is 0.497 e. The monoisotopic (exact) mass is 455 g/mol. The van der Waals surface area contributed by atoms with Crippen molar-refractivity contribution in [1.29, 1.82) is 0 Å². The Bertz CT molecular complexity index is 1390. The number of fused-ring (bicyclic) bond motifs is 2. The summed E-state index contributed by atoms with van der Waals surface area (Å²) in [5, 5.41) is 8.90. The van der Waals surface area contributed by atoms with E-state index in [0.717, 1.165) is 0 Å². The van der Waals surface area contributed by atoms with Gasteiger partial charge in [0.05, 0.1) is 25.2 Å². The summed E-state index contributed by atoms with van der Waals surface area (Å²) in [5.74, 6) is 0.481. The molecule has 0 spiro atoms. The topological polar surface area (TPSA) is 94.8 Å². The Morgan fingerprint density at radius 1 is 1.13 bits per heavy atom. The lowest BCUT2D eigenvalue weighted by Crippen LogP contribution is -2.29. The number of anilines is 1. The Hall–Kier alpha value is -3.43. The van der Waals surface area contributed by atoms with E-state index in [9.17, 15) is 9.59 Å². The van der Waals surface area contributed by atoms with E-state index in [1.54, 1.807) is 30.3 Å². The van der Waals surface area contributed by atoms with E-state index >= 15 is 0 Å². The molecule has 1 aliphatic rings. The highest BCUT2D eigenvalue weighted by atomic mass is 35.5. The zero-order chi connectivity index (χ0) is 21.7. The molecule has 1 amide bonds. The quantitative estimate of drug-likeness (QED) is 0.457. The second kappa shape index (κ2) is 7.36. The van der Waals surface area contributed by atoms with E-state index in [0.29, 0.717) is 27.2 Å². The molecule has 4 aromatic rings. The number of nitrogens with zero attached hydrogens (tertiary/aromatic N) is 3. The van der Waals surface area contributed by atoms with Crippen LogP contribution in [-0.4, -0.2) is 30.3 Å². The molecule has 156 valence electrons. The molecule has 0 aliphatic carbocycles. The summed E-state index contributed by atoms with van der Waals surface area (Å²) in [7, 11) is 3.05. The number of benzene rings is 2. The third-order valence-corrected chi connectivity index (χ3v) is 6.04. The van der Waals surface area contributed by atoms with Crippen molar-refractivity contribution in [2.45, 2.75) is 6.04 Å². The van der Waals surface area contributed by atoms with Crippen LogP contribution in [0.1, 0.15) is 27.7 Å². The number of carbonyl (C=O) groups excluding carboxylic acids is 1. The maximum Gasteiger partial charge on any atom is 0.297 e. The second-order valence-corrected chi connectivity index (χ2v) is 7.97. The number of hydrogen-bond donors (Lipinski definition) is 0. The van der Waals surface area contributed by atoms with Crippen LogP contribution in [0.5, 0.6) is 11.5 Å². The summed E-state index contributed by atoms with van der Waals surface area (Å²) < 4.78 is 16.8. The van der Waals surface area contributed by atoms with Gasteiger partial charge in [-0.2, -0.15) is 0 Å². The van der Waals surface area contributed by atoms with Gasteiger partial charge in [0.25, 0.3) is 5.91 Å². The SMILES string of the molecule is COc1ccc(OC)c([C@@H]2c3c(oc4ccc(Cl)cc4c3=O)C(=O)N2c2nncs2)c1. The molecule has 0 unspecified atom stereocenters. The van der Waals surface area contributed by atoms with Gasteiger partial charge in [0.15, 0.2) is 5.43 Å². The molecule has 1 atom stereocenters. The Labute approximate surface area is 184 Å². The van der Waals surface area contributed by atoms with Gasteiger partial charge in [-0.25, -0.2) is 0 Å². The van der Waals surface area contributed by atoms with Gasteiger partial charge in [-0.05, 0) is 36.4 Å². The van der Waals surface area contributed by atoms with E-state index in [4.69, 9.17) is 25.5 Å². The van der Waals surface area contributed by atoms with Crippen LogP contribution in [0.2, 0.25) is 5.02 Å². The van der Waals surface area contributed by atoms with E-state index in [2.05, 4.69) is 10.2 Å². The van der Waals surface area contributed by atoms with Crippen molar-refractivity contribution in [2.24, 2.45) is 0 Å². The van der Waals surface area contributed by atoms with Crippen molar-refractivity contribution < 1.29 is 18.7 Å². The first-order valence-corrected chi connectivity index (χ1v) is 10.4. The minimum Gasteiger partial charge on any atom is -0.497 e. The molecule has 1 aliphatic heterocycles. The smallest absolute Gasteiger partial charge is 0.297 e. The highest BCUT2D eigenvalue weighted by Crippen LogP contribution is 2.45. The van der Waals surface area contributed by atoms with Gasteiger partial charge in [-0.15, -0.1) is 10.2 Å². The Kier molecular flexibility index (Phi) is 4.64. The molecule has 2 aromatic heterocycles. The molecule has 0 N–H and O–H groups in total. The van der Waals surface area contributed by atoms with Crippen LogP contribution in [0, 0.1) is 0 Å². The van der Waals surface area contributed by atoms with Gasteiger partial charge in [-0.3, -0.25) is 14.5 Å². The van der Waals surface area contributed by atoms with Crippen molar-refractivity contribution in [1.82, 2.24) is 10.2 Å². The third-order valence-electron chi connectivity index (χ3n) is 5.12. The van der Waals surface area contributed by atoms with Crippen LogP contribution in [-0.2, 0) is 0 Å². The van der Waals surface area contributed by atoms with E-state index < -0.39 is 11.9 Å². The Balaban J connectivity index is 1.86. The molecule has 2 aromatic carbocycles. The van der Waals surface area contributed by atoms with Crippen molar-refractivity contribution >= 4 is 44.9 Å². The van der Waals surface area contributed by atoms with Gasteiger partial charge in [0.1, 0.15) is 28.6 Å². The molecule has 3 heterocycles. The van der Waals surface area contributed by atoms with Crippen LogP contribution >= 0.6 is 22.9 Å². The zero-order valence-electron chi connectivity index (χ0n) is 16.3. The fourth-order valence-electron chi connectivity index (χ4n) is 3.76. The minimum absolute atomic E-state index is 0.0510. The van der Waals surface area contributed by atoms with Crippen LogP contribution in [0.25, 0.3) is 11.0 Å². The summed E-state index contributed by atoms with van der Waals surface area (Å²) in [6.07, 6.45) is 0. The number of halogens is 1. The molecule has 0 bridgehead atoms. The number of aromatic nitrogens is 2. The van der Waals surface area contributed by atoms with Crippen LogP contribution in [0.15, 0.2) is 51.1 Å². The molecular weight excluding hydrogens is 442 g/mol. The highest BCUT2D eigenvalue weighted by Gasteiger charge is 2.46. The number of hydrogen-bond acceptors (Lipinski definition) is 8. The van der Waals surface area contributed by atoms with E-state index in [1.807, 2.05) is 0 Å².